The Kier molecular flexibility index (Phi) is 6.47. The second-order valence-electron chi connectivity index (χ2n) is 7.25. The zero-order chi connectivity index (χ0) is 22.5. The van der Waals surface area contributed by atoms with Gasteiger partial charge in [-0.05, 0) is 52.7 Å². The predicted octanol–water partition coefficient (Wildman–Crippen LogP) is 6.39. The van der Waals surface area contributed by atoms with Gasteiger partial charge in [-0.15, -0.1) is 0 Å². The molecular weight excluding hydrogens is 426 g/mol. The van der Waals surface area contributed by atoms with Gasteiger partial charge in [-0.2, -0.15) is 0 Å². The van der Waals surface area contributed by atoms with Crippen LogP contribution in [0.2, 0.25) is 5.02 Å². The highest BCUT2D eigenvalue weighted by Gasteiger charge is 2.13. The molecular formula is C26H22ClNO4. The summed E-state index contributed by atoms with van der Waals surface area (Å²) in [5.74, 6) is 0.325. The normalized spacial score (nSPS) is 10.7. The van der Waals surface area contributed by atoms with E-state index in [1.54, 1.807) is 19.2 Å². The third-order valence-corrected chi connectivity index (χ3v) is 5.46. The summed E-state index contributed by atoms with van der Waals surface area (Å²) in [6, 6.07) is 24.3. The number of benzene rings is 4. The molecule has 0 amide bonds. The highest BCUT2D eigenvalue weighted by Crippen LogP contribution is 2.32. The fraction of sp³-hybridized carbons (Fsp3) is 0.115. The maximum absolute atomic E-state index is 11.4. The van der Waals surface area contributed by atoms with E-state index in [-0.39, 0.29) is 5.56 Å². The summed E-state index contributed by atoms with van der Waals surface area (Å²) < 4.78 is 11.6. The zero-order valence-corrected chi connectivity index (χ0v) is 18.2. The Labute approximate surface area is 191 Å². The standard InChI is InChI=1S/C26H22ClNO4/c1-31-25-13-9-19(26(29)30)14-23(25)28-15-22-21-5-3-2-4-18(21)8-12-24(22)32-16-17-6-10-20(27)11-7-17/h2-14,28H,15-16H2,1H3,(H,29,30). The molecule has 0 heterocycles. The molecule has 0 aromatic heterocycles. The second-order valence-corrected chi connectivity index (χ2v) is 7.69. The first-order chi connectivity index (χ1) is 15.5. The lowest BCUT2D eigenvalue weighted by atomic mass is 10.0. The number of aromatic carboxylic acids is 1. The average Bonchev–Trinajstić information content (AvgIpc) is 2.82. The van der Waals surface area contributed by atoms with Gasteiger partial charge in [0.25, 0.3) is 0 Å². The number of hydrogen-bond donors (Lipinski definition) is 2. The van der Waals surface area contributed by atoms with Crippen LogP contribution in [0.4, 0.5) is 5.69 Å². The van der Waals surface area contributed by atoms with Gasteiger partial charge in [0.2, 0.25) is 0 Å². The molecule has 162 valence electrons. The molecule has 0 spiro atoms. The fourth-order valence-electron chi connectivity index (χ4n) is 3.54. The molecule has 32 heavy (non-hydrogen) atoms. The highest BCUT2D eigenvalue weighted by atomic mass is 35.5. The molecule has 6 heteroatoms. The fourth-order valence-corrected chi connectivity index (χ4v) is 3.66. The summed E-state index contributed by atoms with van der Waals surface area (Å²) in [6.07, 6.45) is 0. The molecule has 0 atom stereocenters. The van der Waals surface area contributed by atoms with Crippen LogP contribution in [0, 0.1) is 0 Å². The Balaban J connectivity index is 1.64. The van der Waals surface area contributed by atoms with E-state index in [9.17, 15) is 9.90 Å². The molecule has 0 radical (unpaired) electrons. The van der Waals surface area contributed by atoms with Crippen LogP contribution < -0.4 is 14.8 Å². The van der Waals surface area contributed by atoms with E-state index in [1.165, 1.54) is 6.07 Å². The number of fused-ring (bicyclic) bond motifs is 1. The Morgan fingerprint density at radius 3 is 2.47 bits per heavy atom. The lowest BCUT2D eigenvalue weighted by molar-refractivity contribution is 0.0697. The lowest BCUT2D eigenvalue weighted by Crippen LogP contribution is -2.07. The minimum atomic E-state index is -0.993. The van der Waals surface area contributed by atoms with Gasteiger partial charge in [0, 0.05) is 17.1 Å². The molecule has 0 bridgehead atoms. The van der Waals surface area contributed by atoms with Crippen LogP contribution in [0.25, 0.3) is 10.8 Å². The predicted molar refractivity (Wildman–Crippen MR) is 127 cm³/mol. The van der Waals surface area contributed by atoms with Crippen LogP contribution >= 0.6 is 11.6 Å². The topological polar surface area (TPSA) is 67.8 Å². The monoisotopic (exact) mass is 447 g/mol. The summed E-state index contributed by atoms with van der Waals surface area (Å²) in [6.45, 7) is 0.830. The minimum Gasteiger partial charge on any atom is -0.495 e. The van der Waals surface area contributed by atoms with Crippen LogP contribution in [0.1, 0.15) is 21.5 Å². The first-order valence-electron chi connectivity index (χ1n) is 10.1. The third-order valence-electron chi connectivity index (χ3n) is 5.21. The number of carboxylic acids is 1. The van der Waals surface area contributed by atoms with Gasteiger partial charge in [-0.25, -0.2) is 4.79 Å². The molecule has 0 aliphatic rings. The van der Waals surface area contributed by atoms with Crippen molar-refractivity contribution in [3.63, 3.8) is 0 Å². The van der Waals surface area contributed by atoms with Gasteiger partial charge in [-0.1, -0.05) is 54.1 Å². The minimum absolute atomic E-state index is 0.186. The summed E-state index contributed by atoms with van der Waals surface area (Å²) in [5, 5.41) is 15.5. The third kappa shape index (κ3) is 4.79. The van der Waals surface area contributed by atoms with Gasteiger partial charge in [0.1, 0.15) is 18.1 Å². The van der Waals surface area contributed by atoms with E-state index in [1.807, 2.05) is 60.7 Å². The molecule has 4 aromatic rings. The summed E-state index contributed by atoms with van der Waals surface area (Å²) in [5.41, 5.74) is 2.77. The Bertz CT molecular complexity index is 1250. The number of nitrogens with one attached hydrogen (secondary N) is 1. The van der Waals surface area contributed by atoms with Crippen molar-refractivity contribution in [2.24, 2.45) is 0 Å². The van der Waals surface area contributed by atoms with E-state index >= 15 is 0 Å². The summed E-state index contributed by atoms with van der Waals surface area (Å²) in [4.78, 5) is 11.4. The van der Waals surface area contributed by atoms with Gasteiger partial charge >= 0.3 is 5.97 Å². The van der Waals surface area contributed by atoms with Crippen LogP contribution in [-0.2, 0) is 13.2 Å². The van der Waals surface area contributed by atoms with Crippen LogP contribution in [0.3, 0.4) is 0 Å². The van der Waals surface area contributed by atoms with Crippen molar-refractivity contribution < 1.29 is 19.4 Å². The number of carboxylic acid groups (broad SMARTS) is 1. The molecule has 0 aliphatic carbocycles. The second kappa shape index (κ2) is 9.62. The number of rotatable bonds is 8. The van der Waals surface area contributed by atoms with Crippen molar-refractivity contribution in [1.82, 2.24) is 0 Å². The average molecular weight is 448 g/mol. The first-order valence-corrected chi connectivity index (χ1v) is 10.5. The Morgan fingerprint density at radius 1 is 0.969 bits per heavy atom. The molecule has 0 aliphatic heterocycles. The Morgan fingerprint density at radius 2 is 1.72 bits per heavy atom. The van der Waals surface area contributed by atoms with Crippen LogP contribution in [0.5, 0.6) is 11.5 Å². The molecule has 5 nitrogen and oxygen atoms in total. The largest absolute Gasteiger partial charge is 0.495 e. The lowest BCUT2D eigenvalue weighted by Gasteiger charge is -2.17. The van der Waals surface area contributed by atoms with Gasteiger partial charge in [0.15, 0.2) is 0 Å². The van der Waals surface area contributed by atoms with Crippen LogP contribution in [-0.4, -0.2) is 18.2 Å². The van der Waals surface area contributed by atoms with Crippen molar-refractivity contribution in [3.8, 4) is 11.5 Å². The van der Waals surface area contributed by atoms with E-state index < -0.39 is 5.97 Å². The zero-order valence-electron chi connectivity index (χ0n) is 17.5. The van der Waals surface area contributed by atoms with E-state index in [4.69, 9.17) is 21.1 Å². The maximum atomic E-state index is 11.4. The van der Waals surface area contributed by atoms with Gasteiger partial charge < -0.3 is 19.9 Å². The van der Waals surface area contributed by atoms with Crippen molar-refractivity contribution in [2.75, 3.05) is 12.4 Å². The molecule has 0 saturated heterocycles. The van der Waals surface area contributed by atoms with Crippen molar-refractivity contribution >= 4 is 34.0 Å². The van der Waals surface area contributed by atoms with E-state index in [0.717, 1.165) is 27.6 Å². The molecule has 2 N–H and O–H groups in total. The van der Waals surface area contributed by atoms with E-state index in [2.05, 4.69) is 5.32 Å². The molecule has 0 unspecified atom stereocenters. The highest BCUT2D eigenvalue weighted by molar-refractivity contribution is 6.30. The van der Waals surface area contributed by atoms with Crippen molar-refractivity contribution in [3.05, 3.63) is 101 Å². The number of ether oxygens (including phenoxy) is 2. The number of halogens is 1. The number of methoxy groups -OCH3 is 1. The summed E-state index contributed by atoms with van der Waals surface area (Å²) in [7, 11) is 1.56. The Hall–Kier alpha value is -3.70. The smallest absolute Gasteiger partial charge is 0.335 e. The van der Waals surface area contributed by atoms with Crippen molar-refractivity contribution in [1.29, 1.82) is 0 Å². The van der Waals surface area contributed by atoms with Crippen LogP contribution in [0.15, 0.2) is 78.9 Å². The SMILES string of the molecule is COc1ccc(C(=O)O)cc1NCc1c(OCc2ccc(Cl)cc2)ccc2ccccc12. The molecule has 4 rings (SSSR count). The maximum Gasteiger partial charge on any atom is 0.335 e. The van der Waals surface area contributed by atoms with Gasteiger partial charge in [-0.3, -0.25) is 0 Å². The molecule has 0 fully saturated rings. The summed E-state index contributed by atoms with van der Waals surface area (Å²) >= 11 is 5.98. The number of hydrogen-bond acceptors (Lipinski definition) is 4. The quantitative estimate of drug-likeness (QED) is 0.327. The first kappa shape index (κ1) is 21.5. The number of anilines is 1. The van der Waals surface area contributed by atoms with Crippen molar-refractivity contribution in [2.45, 2.75) is 13.2 Å². The molecule has 4 aromatic carbocycles. The van der Waals surface area contributed by atoms with Gasteiger partial charge in [0.05, 0.1) is 18.4 Å². The number of carbonyl (C=O) groups is 1. The van der Waals surface area contributed by atoms with E-state index in [0.29, 0.717) is 29.6 Å². The molecule has 0 saturated carbocycles.